The average Bonchev–Trinajstić information content (AvgIpc) is 2.72. The molecule has 0 saturated carbocycles. The van der Waals surface area contributed by atoms with Crippen LogP contribution in [0.25, 0.3) is 6.08 Å². The number of thiocarbonyl (C=S) groups is 1. The first-order valence-corrected chi connectivity index (χ1v) is 10.3. The van der Waals surface area contributed by atoms with Crippen LogP contribution in [-0.2, 0) is 9.59 Å². The van der Waals surface area contributed by atoms with E-state index in [0.29, 0.717) is 27.2 Å². The molecule has 0 aromatic heterocycles. The maximum Gasteiger partial charge on any atom is 0.270 e. The summed E-state index contributed by atoms with van der Waals surface area (Å²) in [5.74, 6) is -0.419. The van der Waals surface area contributed by atoms with Gasteiger partial charge in [0.05, 0.1) is 17.3 Å². The standard InChI is InChI=1S/C22H18BrN3O4S/c1-12-4-5-15(8-13(12)2)26-21(28)16(20(27)25-22(26)31)9-14-10-17(23)19(30-7-6-24)18(11-14)29-3/h4-5,8-11H,7H2,1-3H3,(H,25,27,31)/b16-9+. The molecule has 0 bridgehead atoms. The number of aryl methyl sites for hydroxylation is 2. The summed E-state index contributed by atoms with van der Waals surface area (Å²) in [6.45, 7) is 3.75. The van der Waals surface area contributed by atoms with Gasteiger partial charge in [-0.15, -0.1) is 0 Å². The van der Waals surface area contributed by atoms with Gasteiger partial charge in [-0.1, -0.05) is 6.07 Å². The molecule has 2 aromatic carbocycles. The molecule has 9 heteroatoms. The zero-order valence-corrected chi connectivity index (χ0v) is 19.4. The molecule has 1 fully saturated rings. The minimum absolute atomic E-state index is 0.0226. The van der Waals surface area contributed by atoms with Gasteiger partial charge in [-0.05, 0) is 89.0 Å². The molecule has 2 amide bonds. The Kier molecular flexibility index (Phi) is 6.73. The molecule has 31 heavy (non-hydrogen) atoms. The van der Waals surface area contributed by atoms with E-state index in [1.165, 1.54) is 18.1 Å². The molecule has 0 spiro atoms. The molecule has 7 nitrogen and oxygen atoms in total. The fourth-order valence-electron chi connectivity index (χ4n) is 2.99. The number of nitriles is 1. The van der Waals surface area contributed by atoms with Crippen molar-refractivity contribution in [2.75, 3.05) is 18.6 Å². The van der Waals surface area contributed by atoms with Crippen LogP contribution < -0.4 is 19.7 Å². The van der Waals surface area contributed by atoms with Crippen molar-refractivity contribution >= 4 is 56.8 Å². The van der Waals surface area contributed by atoms with Crippen molar-refractivity contribution in [1.82, 2.24) is 5.32 Å². The highest BCUT2D eigenvalue weighted by molar-refractivity contribution is 9.10. The van der Waals surface area contributed by atoms with Crippen LogP contribution in [0.15, 0.2) is 40.4 Å². The fraction of sp³-hybridized carbons (Fsp3) is 0.182. The quantitative estimate of drug-likeness (QED) is 0.382. The monoisotopic (exact) mass is 499 g/mol. The average molecular weight is 500 g/mol. The number of hydrogen-bond acceptors (Lipinski definition) is 6. The molecule has 1 saturated heterocycles. The molecular formula is C22H18BrN3O4S. The van der Waals surface area contributed by atoms with E-state index in [0.717, 1.165) is 11.1 Å². The Morgan fingerprint density at radius 2 is 1.97 bits per heavy atom. The molecule has 2 aromatic rings. The van der Waals surface area contributed by atoms with Gasteiger partial charge in [0.15, 0.2) is 23.2 Å². The molecule has 1 aliphatic heterocycles. The number of anilines is 1. The highest BCUT2D eigenvalue weighted by Gasteiger charge is 2.34. The third-order valence-electron chi connectivity index (χ3n) is 4.69. The lowest BCUT2D eigenvalue weighted by atomic mass is 10.0. The molecule has 0 unspecified atom stereocenters. The van der Waals surface area contributed by atoms with E-state index >= 15 is 0 Å². The van der Waals surface area contributed by atoms with Crippen molar-refractivity contribution in [3.63, 3.8) is 0 Å². The minimum atomic E-state index is -0.588. The summed E-state index contributed by atoms with van der Waals surface area (Å²) in [4.78, 5) is 27.0. The molecule has 0 atom stereocenters. The predicted molar refractivity (Wildman–Crippen MR) is 124 cm³/mol. The van der Waals surface area contributed by atoms with Crippen molar-refractivity contribution in [2.24, 2.45) is 0 Å². The lowest BCUT2D eigenvalue weighted by Crippen LogP contribution is -2.54. The summed E-state index contributed by atoms with van der Waals surface area (Å²) in [5, 5.41) is 11.3. The Bertz CT molecular complexity index is 1170. The number of amides is 2. The lowest BCUT2D eigenvalue weighted by molar-refractivity contribution is -0.122. The summed E-state index contributed by atoms with van der Waals surface area (Å²) in [7, 11) is 1.45. The number of nitrogens with zero attached hydrogens (tertiary/aromatic N) is 2. The lowest BCUT2D eigenvalue weighted by Gasteiger charge is -2.29. The van der Waals surface area contributed by atoms with E-state index < -0.39 is 11.8 Å². The third-order valence-corrected chi connectivity index (χ3v) is 5.57. The van der Waals surface area contributed by atoms with Crippen LogP contribution in [-0.4, -0.2) is 30.6 Å². The van der Waals surface area contributed by atoms with E-state index in [-0.39, 0.29) is 17.3 Å². The highest BCUT2D eigenvalue weighted by atomic mass is 79.9. The number of benzene rings is 2. The van der Waals surface area contributed by atoms with E-state index in [2.05, 4.69) is 21.2 Å². The van der Waals surface area contributed by atoms with Gasteiger partial charge in [0.2, 0.25) is 0 Å². The third kappa shape index (κ3) is 4.60. The molecule has 1 aliphatic rings. The van der Waals surface area contributed by atoms with Crippen molar-refractivity contribution in [2.45, 2.75) is 13.8 Å². The molecule has 158 valence electrons. The van der Waals surface area contributed by atoms with Crippen LogP contribution in [0.5, 0.6) is 11.5 Å². The van der Waals surface area contributed by atoms with Gasteiger partial charge in [-0.25, -0.2) is 0 Å². The van der Waals surface area contributed by atoms with E-state index in [9.17, 15) is 9.59 Å². The zero-order chi connectivity index (χ0) is 22.7. The summed E-state index contributed by atoms with van der Waals surface area (Å²) < 4.78 is 11.2. The normalized spacial score (nSPS) is 15.0. The van der Waals surface area contributed by atoms with Crippen molar-refractivity contribution < 1.29 is 19.1 Å². The number of carbonyl (C=O) groups is 2. The van der Waals surface area contributed by atoms with Gasteiger partial charge < -0.3 is 9.47 Å². The van der Waals surface area contributed by atoms with Crippen LogP contribution in [0.3, 0.4) is 0 Å². The predicted octanol–water partition coefficient (Wildman–Crippen LogP) is 3.81. The van der Waals surface area contributed by atoms with Crippen LogP contribution in [0.4, 0.5) is 5.69 Å². The van der Waals surface area contributed by atoms with Crippen molar-refractivity contribution in [1.29, 1.82) is 5.26 Å². The Morgan fingerprint density at radius 3 is 2.61 bits per heavy atom. The van der Waals surface area contributed by atoms with Crippen molar-refractivity contribution in [3.8, 4) is 17.6 Å². The van der Waals surface area contributed by atoms with Gasteiger partial charge >= 0.3 is 0 Å². The van der Waals surface area contributed by atoms with Gasteiger partial charge in [-0.3, -0.25) is 19.8 Å². The Hall–Kier alpha value is -3.22. The zero-order valence-electron chi connectivity index (χ0n) is 17.0. The van der Waals surface area contributed by atoms with Crippen molar-refractivity contribution in [3.05, 3.63) is 57.1 Å². The van der Waals surface area contributed by atoms with E-state index in [4.69, 9.17) is 27.0 Å². The number of hydrogen-bond donors (Lipinski definition) is 1. The van der Waals surface area contributed by atoms with Crippen LogP contribution in [0, 0.1) is 25.2 Å². The number of rotatable bonds is 5. The number of methoxy groups -OCH3 is 1. The molecule has 0 radical (unpaired) electrons. The molecule has 3 rings (SSSR count). The Labute approximate surface area is 193 Å². The minimum Gasteiger partial charge on any atom is -0.493 e. The molecular weight excluding hydrogens is 482 g/mol. The van der Waals surface area contributed by atoms with Gasteiger partial charge in [0, 0.05) is 0 Å². The first-order valence-electron chi connectivity index (χ1n) is 9.12. The van der Waals surface area contributed by atoms with Gasteiger partial charge in [0.25, 0.3) is 11.8 Å². The highest BCUT2D eigenvalue weighted by Crippen LogP contribution is 2.37. The fourth-order valence-corrected chi connectivity index (χ4v) is 3.85. The summed E-state index contributed by atoms with van der Waals surface area (Å²) in [5.41, 5.74) is 3.10. The number of nitrogens with one attached hydrogen (secondary N) is 1. The molecule has 0 aliphatic carbocycles. The topological polar surface area (TPSA) is 91.7 Å². The number of carbonyl (C=O) groups excluding carboxylic acids is 2. The number of ether oxygens (including phenoxy) is 2. The Balaban J connectivity index is 2.03. The van der Waals surface area contributed by atoms with Crippen LogP contribution >= 0.6 is 28.1 Å². The van der Waals surface area contributed by atoms with E-state index in [1.807, 2.05) is 32.0 Å². The largest absolute Gasteiger partial charge is 0.493 e. The van der Waals surface area contributed by atoms with Gasteiger partial charge in [0.1, 0.15) is 11.6 Å². The molecule has 1 heterocycles. The summed E-state index contributed by atoms with van der Waals surface area (Å²) in [6, 6.07) is 10.7. The second-order valence-electron chi connectivity index (χ2n) is 6.71. The maximum atomic E-state index is 13.2. The SMILES string of the molecule is COc1cc(/C=C2\C(=O)NC(=S)N(c3ccc(C)c(C)c3)C2=O)cc(Br)c1OCC#N. The summed E-state index contributed by atoms with van der Waals surface area (Å²) in [6.07, 6.45) is 1.45. The second-order valence-corrected chi connectivity index (χ2v) is 7.95. The first kappa shape index (κ1) is 22.5. The number of halogens is 1. The maximum absolute atomic E-state index is 13.2. The molecule has 1 N–H and O–H groups in total. The smallest absolute Gasteiger partial charge is 0.270 e. The Morgan fingerprint density at radius 1 is 1.23 bits per heavy atom. The van der Waals surface area contributed by atoms with Crippen LogP contribution in [0.2, 0.25) is 0 Å². The van der Waals surface area contributed by atoms with Gasteiger partial charge in [-0.2, -0.15) is 5.26 Å². The van der Waals surface area contributed by atoms with E-state index in [1.54, 1.807) is 18.2 Å². The van der Waals surface area contributed by atoms with Crippen LogP contribution in [0.1, 0.15) is 16.7 Å². The summed E-state index contributed by atoms with van der Waals surface area (Å²) >= 11 is 8.63. The first-order chi connectivity index (χ1) is 14.8. The second kappa shape index (κ2) is 9.29.